The molecule has 2 aromatic heterocycles. The van der Waals surface area contributed by atoms with Crippen LogP contribution in [0.5, 0.6) is 0 Å². The molecule has 5 rings (SSSR count). The van der Waals surface area contributed by atoms with Crippen LogP contribution in [0.25, 0.3) is 11.3 Å². The number of imide groups is 1. The second-order valence-corrected chi connectivity index (χ2v) is 17.6. The van der Waals surface area contributed by atoms with Crippen molar-refractivity contribution < 1.29 is 34.2 Å². The predicted octanol–water partition coefficient (Wildman–Crippen LogP) is 5.52. The maximum Gasteiger partial charge on any atom is 0.405 e. The van der Waals surface area contributed by atoms with E-state index < -0.39 is 70.9 Å². The molecule has 1 saturated heterocycles. The van der Waals surface area contributed by atoms with Crippen LogP contribution >= 0.6 is 0 Å². The van der Waals surface area contributed by atoms with Gasteiger partial charge < -0.3 is 31.1 Å². The third-order valence-corrected chi connectivity index (χ3v) is 10.5. The summed E-state index contributed by atoms with van der Waals surface area (Å²) in [5.41, 5.74) is 2.99. The first-order chi connectivity index (χ1) is 28.3. The van der Waals surface area contributed by atoms with Gasteiger partial charge in [0.2, 0.25) is 11.8 Å². The summed E-state index contributed by atoms with van der Waals surface area (Å²) in [6.07, 6.45) is -0.463. The van der Waals surface area contributed by atoms with Gasteiger partial charge in [0.05, 0.1) is 30.1 Å². The van der Waals surface area contributed by atoms with Crippen molar-refractivity contribution in [1.82, 2.24) is 35.7 Å². The van der Waals surface area contributed by atoms with E-state index in [1.165, 1.54) is 4.90 Å². The highest BCUT2D eigenvalue weighted by atomic mass is 16.4. The largest absolute Gasteiger partial charge is 0.465 e. The summed E-state index contributed by atoms with van der Waals surface area (Å²) in [4.78, 5) is 78.7. The highest BCUT2D eigenvalue weighted by Gasteiger charge is 2.47. The Hall–Kier alpha value is -6.15. The number of rotatable bonds is 16. The van der Waals surface area contributed by atoms with Crippen molar-refractivity contribution in [2.24, 2.45) is 10.8 Å². The maximum atomic E-state index is 14.5. The van der Waals surface area contributed by atoms with Crippen LogP contribution < -0.4 is 16.0 Å². The van der Waals surface area contributed by atoms with Gasteiger partial charge in [-0.25, -0.2) is 9.59 Å². The van der Waals surface area contributed by atoms with E-state index in [0.717, 1.165) is 33.0 Å². The molecule has 6 amide bonds. The second kappa shape index (κ2) is 19.3. The standard InChI is InChI=1S/C46H57N7O7/c1-29-14-13-17-33(48-29)27-52-38(55)28-53(44(52)60)40(46(5,6)7)42(57)49-34(24-30-15-9-8-10-16-30)26-37(54)36(50-41(56)39(45(2,3)4)51-43(58)59)25-31-19-21-32(22-20-31)35-18-11-12-23-47-35/h8-23,34,36-37,39-40,51,54H,24-28H2,1-7H3,(H,49,57)(H,50,56)(H,58,59)/t34-,36-,37+,39+,40+/m0/s1. The van der Waals surface area contributed by atoms with Gasteiger partial charge in [0.1, 0.15) is 18.6 Å². The summed E-state index contributed by atoms with van der Waals surface area (Å²) in [5, 5.41) is 30.1. The third-order valence-electron chi connectivity index (χ3n) is 10.5. The number of hydrogen-bond acceptors (Lipinski definition) is 8. The first kappa shape index (κ1) is 44.9. The van der Waals surface area contributed by atoms with Gasteiger partial charge >= 0.3 is 12.1 Å². The molecule has 14 nitrogen and oxygen atoms in total. The van der Waals surface area contributed by atoms with Crippen LogP contribution in [-0.2, 0) is 33.8 Å². The molecule has 1 fully saturated rings. The minimum absolute atomic E-state index is 0.0287. The van der Waals surface area contributed by atoms with Gasteiger partial charge in [-0.3, -0.25) is 29.3 Å². The first-order valence-corrected chi connectivity index (χ1v) is 20.2. The van der Waals surface area contributed by atoms with Crippen molar-refractivity contribution in [3.8, 4) is 11.3 Å². The number of aliphatic hydroxyl groups is 1. The number of carbonyl (C=O) groups excluding carboxylic acids is 4. The Kier molecular flexibility index (Phi) is 14.4. The lowest BCUT2D eigenvalue weighted by molar-refractivity contribution is -0.131. The van der Waals surface area contributed by atoms with Crippen LogP contribution in [0.4, 0.5) is 9.59 Å². The van der Waals surface area contributed by atoms with Gasteiger partial charge in [-0.15, -0.1) is 0 Å². The zero-order valence-corrected chi connectivity index (χ0v) is 35.4. The highest BCUT2D eigenvalue weighted by Crippen LogP contribution is 2.30. The Morgan fingerprint density at radius 2 is 1.43 bits per heavy atom. The first-order valence-electron chi connectivity index (χ1n) is 20.2. The molecule has 14 heteroatoms. The number of amides is 6. The van der Waals surface area contributed by atoms with Crippen LogP contribution in [0.1, 0.15) is 70.5 Å². The third kappa shape index (κ3) is 12.0. The Labute approximate surface area is 351 Å². The fraction of sp³-hybridized carbons (Fsp3) is 0.413. The van der Waals surface area contributed by atoms with E-state index in [1.807, 2.05) is 107 Å². The zero-order valence-electron chi connectivity index (χ0n) is 35.4. The van der Waals surface area contributed by atoms with E-state index in [2.05, 4.69) is 25.9 Å². The molecule has 0 radical (unpaired) electrons. The van der Waals surface area contributed by atoms with Crippen LogP contribution in [0.15, 0.2) is 97.2 Å². The second-order valence-electron chi connectivity index (χ2n) is 17.6. The molecule has 5 N–H and O–H groups in total. The average Bonchev–Trinajstić information content (AvgIpc) is 3.44. The zero-order chi connectivity index (χ0) is 43.8. The fourth-order valence-electron chi connectivity index (χ4n) is 7.54. The van der Waals surface area contributed by atoms with Gasteiger partial charge in [0, 0.05) is 23.5 Å². The Balaban J connectivity index is 1.43. The van der Waals surface area contributed by atoms with Crippen LogP contribution in [-0.4, -0.2) is 96.6 Å². The molecule has 60 heavy (non-hydrogen) atoms. The average molecular weight is 820 g/mol. The van der Waals surface area contributed by atoms with Gasteiger partial charge in [-0.2, -0.15) is 0 Å². The van der Waals surface area contributed by atoms with Gasteiger partial charge in [-0.05, 0) is 72.4 Å². The molecule has 1 aliphatic rings. The molecule has 318 valence electrons. The fourth-order valence-corrected chi connectivity index (χ4v) is 7.54. The molecule has 3 heterocycles. The summed E-state index contributed by atoms with van der Waals surface area (Å²) in [7, 11) is 0. The van der Waals surface area contributed by atoms with Gasteiger partial charge in [0.25, 0.3) is 5.91 Å². The molecule has 1 aliphatic heterocycles. The Morgan fingerprint density at radius 3 is 2.03 bits per heavy atom. The number of pyridine rings is 2. The van der Waals surface area contributed by atoms with E-state index in [0.29, 0.717) is 12.1 Å². The van der Waals surface area contributed by atoms with Crippen molar-refractivity contribution >= 4 is 29.8 Å². The van der Waals surface area contributed by atoms with Crippen molar-refractivity contribution in [2.45, 2.75) is 105 Å². The molecule has 0 aliphatic carbocycles. The van der Waals surface area contributed by atoms with E-state index >= 15 is 0 Å². The number of carboxylic acid groups (broad SMARTS) is 1. The number of urea groups is 1. The topological polar surface area (TPSA) is 194 Å². The van der Waals surface area contributed by atoms with Crippen molar-refractivity contribution in [2.75, 3.05) is 6.54 Å². The van der Waals surface area contributed by atoms with E-state index in [-0.39, 0.29) is 25.9 Å². The summed E-state index contributed by atoms with van der Waals surface area (Å²) in [5.74, 6) is -1.56. The lowest BCUT2D eigenvalue weighted by atomic mass is 9.84. The predicted molar refractivity (Wildman–Crippen MR) is 227 cm³/mol. The number of aryl methyl sites for hydroxylation is 1. The van der Waals surface area contributed by atoms with E-state index in [9.17, 15) is 34.2 Å². The molecular formula is C46H57N7O7. The lowest BCUT2D eigenvalue weighted by Crippen LogP contribution is -2.59. The SMILES string of the molecule is Cc1cccc(CN2C(=O)CN([C@H](C(=O)N[C@@H](Cc3ccccc3)C[C@@H](O)[C@H](Cc3ccc(-c4ccccn4)cc3)NC(=O)[C@@H](NC(=O)O)C(C)(C)C)C(C)(C)C)C2=O)n1. The Morgan fingerprint density at radius 1 is 0.767 bits per heavy atom. The van der Waals surface area contributed by atoms with Crippen LogP contribution in [0.2, 0.25) is 0 Å². The summed E-state index contributed by atoms with van der Waals surface area (Å²) in [6, 6.07) is 23.5. The number of nitrogens with one attached hydrogen (secondary N) is 3. The molecule has 0 spiro atoms. The molecule has 4 aromatic rings. The number of hydrogen-bond donors (Lipinski definition) is 5. The van der Waals surface area contributed by atoms with Crippen molar-refractivity contribution in [3.05, 3.63) is 120 Å². The molecule has 0 unspecified atom stereocenters. The summed E-state index contributed by atoms with van der Waals surface area (Å²) in [6.45, 7) is 12.2. The summed E-state index contributed by atoms with van der Waals surface area (Å²) >= 11 is 0. The summed E-state index contributed by atoms with van der Waals surface area (Å²) < 4.78 is 0. The molecule has 0 bridgehead atoms. The van der Waals surface area contributed by atoms with Gasteiger partial charge in [-0.1, -0.05) is 108 Å². The van der Waals surface area contributed by atoms with Crippen molar-refractivity contribution in [1.29, 1.82) is 0 Å². The number of benzene rings is 2. The number of nitrogens with zero attached hydrogens (tertiary/aromatic N) is 4. The lowest BCUT2D eigenvalue weighted by Gasteiger charge is -2.37. The number of carbonyl (C=O) groups is 5. The van der Waals surface area contributed by atoms with Crippen molar-refractivity contribution in [3.63, 3.8) is 0 Å². The van der Waals surface area contributed by atoms with Gasteiger partial charge in [0.15, 0.2) is 0 Å². The van der Waals surface area contributed by atoms with Crippen LogP contribution in [0.3, 0.4) is 0 Å². The molecular weight excluding hydrogens is 763 g/mol. The number of aromatic nitrogens is 2. The van der Waals surface area contributed by atoms with E-state index in [4.69, 9.17) is 0 Å². The van der Waals surface area contributed by atoms with Crippen LogP contribution in [0, 0.1) is 17.8 Å². The van der Waals surface area contributed by atoms with E-state index in [1.54, 1.807) is 39.1 Å². The minimum atomic E-state index is -1.36. The normalized spacial score (nSPS) is 15.8. The molecule has 2 aromatic carbocycles. The smallest absolute Gasteiger partial charge is 0.405 e. The number of aliphatic hydroxyl groups excluding tert-OH is 1. The monoisotopic (exact) mass is 819 g/mol. The minimum Gasteiger partial charge on any atom is -0.465 e. The quantitative estimate of drug-likeness (QED) is 0.0906. The molecule has 0 saturated carbocycles. The molecule has 5 atom stereocenters. The highest BCUT2D eigenvalue weighted by molar-refractivity contribution is 6.04. The Bertz CT molecular complexity index is 2120. The maximum absolute atomic E-state index is 14.5.